The fourth-order valence-electron chi connectivity index (χ4n) is 3.77. The lowest BCUT2D eigenvalue weighted by Crippen LogP contribution is -2.58. The molecule has 1 spiro atoms. The van der Waals surface area contributed by atoms with Crippen molar-refractivity contribution in [2.75, 3.05) is 4.90 Å². The van der Waals surface area contributed by atoms with Gasteiger partial charge in [0, 0.05) is 5.69 Å². The maximum absolute atomic E-state index is 12.9. The Bertz CT molecular complexity index is 906. The molecule has 1 aliphatic heterocycles. The highest BCUT2D eigenvalue weighted by molar-refractivity contribution is 6.06. The van der Waals surface area contributed by atoms with Crippen LogP contribution >= 0.6 is 0 Å². The minimum atomic E-state index is -4.53. The van der Waals surface area contributed by atoms with Crippen LogP contribution in [0.2, 0.25) is 0 Å². The molecule has 26 heavy (non-hydrogen) atoms. The van der Waals surface area contributed by atoms with E-state index in [4.69, 9.17) is 11.5 Å². The fourth-order valence-corrected chi connectivity index (χ4v) is 3.77. The van der Waals surface area contributed by atoms with Gasteiger partial charge >= 0.3 is 6.18 Å². The van der Waals surface area contributed by atoms with Crippen LogP contribution in [0.5, 0.6) is 0 Å². The molecule has 0 amide bonds. The van der Waals surface area contributed by atoms with E-state index in [0.717, 1.165) is 32.1 Å². The number of anilines is 1. The summed E-state index contributed by atoms with van der Waals surface area (Å²) in [6, 6.07) is 4.80. The summed E-state index contributed by atoms with van der Waals surface area (Å²) in [5.41, 5.74) is 12.4. The molecule has 5 N–H and O–H groups in total. The molecule has 138 valence electrons. The zero-order chi connectivity index (χ0) is 18.5. The van der Waals surface area contributed by atoms with Crippen molar-refractivity contribution in [2.24, 2.45) is 21.5 Å². The molecule has 0 bridgehead atoms. The lowest BCUT2D eigenvalue weighted by molar-refractivity contribution is -0.144. The first kappa shape index (κ1) is 16.7. The van der Waals surface area contributed by atoms with E-state index in [2.05, 4.69) is 20.0 Å². The zero-order valence-corrected chi connectivity index (χ0v) is 13.8. The van der Waals surface area contributed by atoms with Gasteiger partial charge in [0.1, 0.15) is 5.66 Å². The Morgan fingerprint density at radius 3 is 2.54 bits per heavy atom. The van der Waals surface area contributed by atoms with Gasteiger partial charge in [-0.25, -0.2) is 9.98 Å². The topological polar surface area (TPSA) is 109 Å². The molecule has 4 rings (SSSR count). The normalized spacial score (nSPS) is 20.3. The minimum Gasteiger partial charge on any atom is -0.369 e. The number of nitrogens with one attached hydrogen (secondary N) is 1. The molecule has 0 unspecified atom stereocenters. The summed E-state index contributed by atoms with van der Waals surface area (Å²) < 4.78 is 38.7. The van der Waals surface area contributed by atoms with Crippen molar-refractivity contribution in [1.82, 2.24) is 9.97 Å². The summed E-state index contributed by atoms with van der Waals surface area (Å²) in [4.78, 5) is 16.3. The van der Waals surface area contributed by atoms with Crippen molar-refractivity contribution in [1.29, 1.82) is 0 Å². The minimum absolute atomic E-state index is 0.127. The van der Waals surface area contributed by atoms with Gasteiger partial charge in [-0.3, -0.25) is 4.90 Å². The Balaban J connectivity index is 1.80. The van der Waals surface area contributed by atoms with Gasteiger partial charge in [-0.05, 0) is 43.9 Å². The molecular weight excluding hydrogens is 347 g/mol. The van der Waals surface area contributed by atoms with E-state index >= 15 is 0 Å². The number of hydrogen-bond donors (Lipinski definition) is 3. The predicted octanol–water partition coefficient (Wildman–Crippen LogP) is 2.69. The molecule has 1 aliphatic carbocycles. The van der Waals surface area contributed by atoms with Crippen molar-refractivity contribution < 1.29 is 13.2 Å². The number of halogens is 3. The van der Waals surface area contributed by atoms with E-state index in [1.807, 2.05) is 0 Å². The highest BCUT2D eigenvalue weighted by Gasteiger charge is 2.42. The molecule has 0 atom stereocenters. The summed E-state index contributed by atoms with van der Waals surface area (Å²) in [6.07, 6.45) is -0.0155. The monoisotopic (exact) mass is 365 g/mol. The van der Waals surface area contributed by atoms with Crippen LogP contribution in [0.1, 0.15) is 37.9 Å². The van der Waals surface area contributed by atoms with E-state index in [9.17, 15) is 13.2 Å². The van der Waals surface area contributed by atoms with Crippen LogP contribution in [-0.4, -0.2) is 27.5 Å². The smallest absolute Gasteiger partial charge is 0.369 e. The predicted molar refractivity (Wildman–Crippen MR) is 92.6 cm³/mol. The largest absolute Gasteiger partial charge is 0.449 e. The van der Waals surface area contributed by atoms with Crippen molar-refractivity contribution >= 4 is 28.6 Å². The van der Waals surface area contributed by atoms with Gasteiger partial charge in [-0.1, -0.05) is 6.42 Å². The Labute approximate surface area is 147 Å². The third-order valence-electron chi connectivity index (χ3n) is 4.84. The number of nitrogens with zero attached hydrogens (tertiary/aromatic N) is 4. The first-order chi connectivity index (χ1) is 12.3. The quantitative estimate of drug-likeness (QED) is 0.722. The van der Waals surface area contributed by atoms with Crippen LogP contribution < -0.4 is 16.4 Å². The van der Waals surface area contributed by atoms with Crippen molar-refractivity contribution in [2.45, 2.75) is 43.9 Å². The van der Waals surface area contributed by atoms with Crippen molar-refractivity contribution in [3.05, 3.63) is 24.0 Å². The Morgan fingerprint density at radius 2 is 1.85 bits per heavy atom. The van der Waals surface area contributed by atoms with Gasteiger partial charge in [0.25, 0.3) is 0 Å². The first-order valence-electron chi connectivity index (χ1n) is 8.35. The van der Waals surface area contributed by atoms with Crippen LogP contribution in [0.4, 0.5) is 18.9 Å². The van der Waals surface area contributed by atoms with E-state index in [-0.39, 0.29) is 23.0 Å². The number of hydrogen-bond acceptors (Lipinski definition) is 6. The SMILES string of the molecule is NC1=NC2(CCCCC2)N(c2ccc3nc(C(F)(F)F)[nH]c3c2)C(N)=N1. The van der Waals surface area contributed by atoms with Crippen LogP contribution in [0.15, 0.2) is 28.2 Å². The number of aromatic amines is 1. The van der Waals surface area contributed by atoms with E-state index in [0.29, 0.717) is 5.69 Å². The average molecular weight is 365 g/mol. The van der Waals surface area contributed by atoms with Gasteiger partial charge < -0.3 is 16.5 Å². The van der Waals surface area contributed by atoms with Crippen LogP contribution in [0, 0.1) is 0 Å². The van der Waals surface area contributed by atoms with Gasteiger partial charge in [0.05, 0.1) is 11.0 Å². The number of guanidine groups is 2. The van der Waals surface area contributed by atoms with Gasteiger partial charge in [0.2, 0.25) is 17.7 Å². The molecule has 7 nitrogen and oxygen atoms in total. The molecule has 0 saturated heterocycles. The van der Waals surface area contributed by atoms with Crippen LogP contribution in [0.3, 0.4) is 0 Å². The lowest BCUT2D eigenvalue weighted by Gasteiger charge is -2.45. The Hall–Kier alpha value is -2.78. The molecule has 2 aromatic rings. The van der Waals surface area contributed by atoms with Crippen LogP contribution in [0.25, 0.3) is 11.0 Å². The maximum Gasteiger partial charge on any atom is 0.449 e. The Morgan fingerprint density at radius 1 is 1.12 bits per heavy atom. The number of imidazole rings is 1. The zero-order valence-electron chi connectivity index (χ0n) is 13.8. The molecule has 1 aromatic carbocycles. The van der Waals surface area contributed by atoms with Gasteiger partial charge in [-0.2, -0.15) is 18.2 Å². The third-order valence-corrected chi connectivity index (χ3v) is 4.84. The number of aliphatic imine (C=N–C) groups is 2. The number of fused-ring (bicyclic) bond motifs is 1. The van der Waals surface area contributed by atoms with E-state index in [1.165, 1.54) is 6.07 Å². The second kappa shape index (κ2) is 5.61. The van der Waals surface area contributed by atoms with Gasteiger partial charge in [0.15, 0.2) is 0 Å². The van der Waals surface area contributed by atoms with E-state index in [1.54, 1.807) is 17.0 Å². The summed E-state index contributed by atoms with van der Waals surface area (Å²) in [5, 5.41) is 0. The lowest BCUT2D eigenvalue weighted by atomic mass is 9.87. The number of benzene rings is 1. The molecule has 0 radical (unpaired) electrons. The molecule has 1 aromatic heterocycles. The first-order valence-corrected chi connectivity index (χ1v) is 8.35. The average Bonchev–Trinajstić information content (AvgIpc) is 2.98. The molecule has 2 heterocycles. The number of aromatic nitrogens is 2. The number of rotatable bonds is 1. The number of alkyl halides is 3. The molecule has 1 fully saturated rings. The molecule has 10 heteroatoms. The summed E-state index contributed by atoms with van der Waals surface area (Å²) in [7, 11) is 0. The van der Waals surface area contributed by atoms with Crippen molar-refractivity contribution in [3.63, 3.8) is 0 Å². The number of nitrogens with two attached hydrogens (primary N) is 2. The molecular formula is C16H18F3N7. The second-order valence-corrected chi connectivity index (χ2v) is 6.60. The second-order valence-electron chi connectivity index (χ2n) is 6.60. The summed E-state index contributed by atoms with van der Waals surface area (Å²) >= 11 is 0. The van der Waals surface area contributed by atoms with Crippen LogP contribution in [-0.2, 0) is 6.18 Å². The fraction of sp³-hybridized carbons (Fsp3) is 0.438. The van der Waals surface area contributed by atoms with E-state index < -0.39 is 17.7 Å². The summed E-state index contributed by atoms with van der Waals surface area (Å²) in [6.45, 7) is 0. The Kier molecular flexibility index (Phi) is 3.60. The molecule has 2 aliphatic rings. The molecule has 1 saturated carbocycles. The highest BCUT2D eigenvalue weighted by atomic mass is 19.4. The standard InChI is InChI=1S/C16H18F3N7/c17-16(18,19)12-22-10-5-4-9(8-11(10)23-12)26-14(21)24-13(20)25-15(26)6-2-1-3-7-15/h4-5,8H,1-3,6-7H2,(H,22,23)(H4,20,21,24,25). The third kappa shape index (κ3) is 2.65. The van der Waals surface area contributed by atoms with Gasteiger partial charge in [-0.15, -0.1) is 0 Å². The highest BCUT2D eigenvalue weighted by Crippen LogP contribution is 2.40. The maximum atomic E-state index is 12.9. The number of H-pyrrole nitrogens is 1. The van der Waals surface area contributed by atoms with Crippen molar-refractivity contribution in [3.8, 4) is 0 Å². The summed E-state index contributed by atoms with van der Waals surface area (Å²) in [5.74, 6) is -0.712.